The third kappa shape index (κ3) is 2.50. The van der Waals surface area contributed by atoms with Crippen molar-refractivity contribution in [1.82, 2.24) is 24.1 Å². The van der Waals surface area contributed by atoms with Crippen molar-refractivity contribution in [2.45, 2.75) is 5.03 Å². The molecule has 0 fully saturated rings. The molecule has 0 saturated carbocycles. The molecule has 0 unspecified atom stereocenters. The Morgan fingerprint density at radius 3 is 2.48 bits per heavy atom. The van der Waals surface area contributed by atoms with Crippen molar-refractivity contribution in [3.63, 3.8) is 0 Å². The molecule has 0 aliphatic rings. The van der Waals surface area contributed by atoms with Gasteiger partial charge in [-0.25, -0.2) is 14.4 Å². The molecule has 7 nitrogen and oxygen atoms in total. The van der Waals surface area contributed by atoms with Crippen LogP contribution in [0.15, 0.2) is 54.2 Å². The fourth-order valence-corrected chi connectivity index (χ4v) is 2.55. The minimum atomic E-state index is -3.94. The normalized spacial score (nSPS) is 11.5. The topological polar surface area (TPSA) is 90.6 Å². The molecular weight excluding hydrogens is 297 g/mol. The summed E-state index contributed by atoms with van der Waals surface area (Å²) in [6.45, 7) is 0. The van der Waals surface area contributed by atoms with Gasteiger partial charge in [-0.2, -0.15) is 8.42 Å². The van der Waals surface area contributed by atoms with Gasteiger partial charge in [0.1, 0.15) is 12.1 Å². The van der Waals surface area contributed by atoms with Crippen molar-refractivity contribution in [2.75, 3.05) is 0 Å². The van der Waals surface area contributed by atoms with Crippen LogP contribution in [-0.2, 0) is 10.0 Å². The molecule has 0 aliphatic heterocycles. The van der Waals surface area contributed by atoms with Gasteiger partial charge in [-0.05, 0) is 24.3 Å². The summed E-state index contributed by atoms with van der Waals surface area (Å²) in [5.41, 5.74) is 0.504. The minimum absolute atomic E-state index is 0.169. The van der Waals surface area contributed by atoms with Gasteiger partial charge in [0.05, 0.1) is 6.20 Å². The molecule has 3 rings (SSSR count). The Morgan fingerprint density at radius 1 is 1.05 bits per heavy atom. The Labute approximate surface area is 119 Å². The van der Waals surface area contributed by atoms with Crippen molar-refractivity contribution >= 4 is 10.0 Å². The maximum atomic E-state index is 12.9. The van der Waals surface area contributed by atoms with E-state index in [1.54, 1.807) is 0 Å². The summed E-state index contributed by atoms with van der Waals surface area (Å²) in [7, 11) is -3.94. The van der Waals surface area contributed by atoms with E-state index < -0.39 is 15.8 Å². The van der Waals surface area contributed by atoms with Crippen molar-refractivity contribution in [1.29, 1.82) is 0 Å². The minimum Gasteiger partial charge on any atom is -0.260 e. The second-order valence-electron chi connectivity index (χ2n) is 4.00. The Bertz CT molecular complexity index is 862. The molecule has 9 heteroatoms. The molecule has 0 atom stereocenters. The Hall–Kier alpha value is -2.68. The van der Waals surface area contributed by atoms with Crippen molar-refractivity contribution in [3.8, 4) is 11.4 Å². The molecule has 2 heterocycles. The van der Waals surface area contributed by atoms with E-state index in [4.69, 9.17) is 0 Å². The maximum absolute atomic E-state index is 12.9. The lowest BCUT2D eigenvalue weighted by atomic mass is 10.2. The van der Waals surface area contributed by atoms with E-state index in [0.29, 0.717) is 9.65 Å². The molecule has 2 aromatic heterocycles. The lowest BCUT2D eigenvalue weighted by Gasteiger charge is -2.01. The predicted molar refractivity (Wildman–Crippen MR) is 70.0 cm³/mol. The SMILES string of the molecule is O=S(=O)(c1cnccn1)n1cnc(-c2ccc(F)cc2)n1. The molecule has 0 bridgehead atoms. The quantitative estimate of drug-likeness (QED) is 0.720. The van der Waals surface area contributed by atoms with Crippen molar-refractivity contribution in [3.05, 3.63) is 55.0 Å². The summed E-state index contributed by atoms with van der Waals surface area (Å²) < 4.78 is 38.0. The number of hydrogen-bond donors (Lipinski definition) is 0. The van der Waals surface area contributed by atoms with E-state index >= 15 is 0 Å². The number of halogens is 1. The molecule has 0 N–H and O–H groups in total. The maximum Gasteiger partial charge on any atom is 0.303 e. The largest absolute Gasteiger partial charge is 0.303 e. The standard InChI is InChI=1S/C12H8FN5O2S/c13-10-3-1-9(2-4-10)12-16-8-18(17-12)21(19,20)11-7-14-5-6-15-11/h1-8H. The van der Waals surface area contributed by atoms with Crippen LogP contribution in [0.25, 0.3) is 11.4 Å². The average Bonchev–Trinajstić information content (AvgIpc) is 2.99. The number of nitrogens with zero attached hydrogens (tertiary/aromatic N) is 5. The Kier molecular flexibility index (Phi) is 3.18. The van der Waals surface area contributed by atoms with Gasteiger partial charge in [0.25, 0.3) is 0 Å². The van der Waals surface area contributed by atoms with Crippen LogP contribution in [0, 0.1) is 5.82 Å². The first-order valence-electron chi connectivity index (χ1n) is 5.76. The highest BCUT2D eigenvalue weighted by molar-refractivity contribution is 7.89. The van der Waals surface area contributed by atoms with E-state index in [2.05, 4.69) is 20.1 Å². The molecule has 21 heavy (non-hydrogen) atoms. The van der Waals surface area contributed by atoms with Gasteiger partial charge >= 0.3 is 10.0 Å². The van der Waals surface area contributed by atoms with E-state index in [1.807, 2.05) is 0 Å². The predicted octanol–water partition coefficient (Wildman–Crippen LogP) is 1.11. The van der Waals surface area contributed by atoms with Gasteiger partial charge in [-0.1, -0.05) is 0 Å². The molecule has 0 amide bonds. The lowest BCUT2D eigenvalue weighted by molar-refractivity contribution is 0.575. The second kappa shape index (κ2) is 5.02. The van der Waals surface area contributed by atoms with E-state index in [-0.39, 0.29) is 10.9 Å². The van der Waals surface area contributed by atoms with Gasteiger partial charge in [-0.3, -0.25) is 4.98 Å². The highest BCUT2D eigenvalue weighted by Gasteiger charge is 2.20. The summed E-state index contributed by atoms with van der Waals surface area (Å²) in [5.74, 6) is -0.229. The lowest BCUT2D eigenvalue weighted by Crippen LogP contribution is -2.15. The first kappa shape index (κ1) is 13.3. The van der Waals surface area contributed by atoms with Crippen LogP contribution >= 0.6 is 0 Å². The molecule has 0 saturated heterocycles. The molecular formula is C12H8FN5O2S. The molecule has 1 aromatic carbocycles. The van der Waals surface area contributed by atoms with Gasteiger partial charge in [0.2, 0.25) is 0 Å². The van der Waals surface area contributed by atoms with Crippen LogP contribution in [0.3, 0.4) is 0 Å². The van der Waals surface area contributed by atoms with Crippen LogP contribution in [0.2, 0.25) is 0 Å². The fraction of sp³-hybridized carbons (Fsp3) is 0. The summed E-state index contributed by atoms with van der Waals surface area (Å²) in [6, 6.07) is 5.41. The molecule has 0 spiro atoms. The average molecular weight is 305 g/mol. The second-order valence-corrected chi connectivity index (χ2v) is 5.74. The Morgan fingerprint density at radius 2 is 1.81 bits per heavy atom. The summed E-state index contributed by atoms with van der Waals surface area (Å²) in [5, 5.41) is 3.65. The number of benzene rings is 1. The third-order valence-electron chi connectivity index (χ3n) is 2.62. The first-order chi connectivity index (χ1) is 10.1. The highest BCUT2D eigenvalue weighted by Crippen LogP contribution is 2.16. The van der Waals surface area contributed by atoms with Crippen LogP contribution in [0.1, 0.15) is 0 Å². The third-order valence-corrected chi connectivity index (χ3v) is 4.03. The van der Waals surface area contributed by atoms with Gasteiger partial charge in [-0.15, -0.1) is 9.19 Å². The summed E-state index contributed by atoms with van der Waals surface area (Å²) in [4.78, 5) is 11.3. The van der Waals surface area contributed by atoms with Crippen LogP contribution in [0.4, 0.5) is 4.39 Å². The molecule has 106 valence electrons. The Balaban J connectivity index is 2.01. The van der Waals surface area contributed by atoms with Gasteiger partial charge in [0, 0.05) is 18.0 Å². The van der Waals surface area contributed by atoms with E-state index in [0.717, 1.165) is 12.5 Å². The van der Waals surface area contributed by atoms with Crippen LogP contribution < -0.4 is 0 Å². The monoisotopic (exact) mass is 305 g/mol. The van der Waals surface area contributed by atoms with E-state index in [9.17, 15) is 12.8 Å². The zero-order valence-electron chi connectivity index (χ0n) is 10.5. The zero-order chi connectivity index (χ0) is 14.9. The highest BCUT2D eigenvalue weighted by atomic mass is 32.2. The zero-order valence-corrected chi connectivity index (χ0v) is 11.3. The summed E-state index contributed by atoms with van der Waals surface area (Å²) in [6.07, 6.45) is 4.81. The van der Waals surface area contributed by atoms with E-state index in [1.165, 1.54) is 36.7 Å². The molecule has 3 aromatic rings. The van der Waals surface area contributed by atoms with Crippen LogP contribution in [-0.4, -0.2) is 32.6 Å². The fourth-order valence-electron chi connectivity index (χ4n) is 1.61. The summed E-state index contributed by atoms with van der Waals surface area (Å²) >= 11 is 0. The van der Waals surface area contributed by atoms with Crippen molar-refractivity contribution < 1.29 is 12.8 Å². The number of rotatable bonds is 3. The van der Waals surface area contributed by atoms with Gasteiger partial charge in [0.15, 0.2) is 10.9 Å². The first-order valence-corrected chi connectivity index (χ1v) is 7.20. The van der Waals surface area contributed by atoms with Crippen molar-refractivity contribution in [2.24, 2.45) is 0 Å². The number of hydrogen-bond acceptors (Lipinski definition) is 6. The molecule has 0 radical (unpaired) electrons. The van der Waals surface area contributed by atoms with Crippen LogP contribution in [0.5, 0.6) is 0 Å². The number of aromatic nitrogens is 5. The molecule has 0 aliphatic carbocycles. The van der Waals surface area contributed by atoms with Gasteiger partial charge < -0.3 is 0 Å². The smallest absolute Gasteiger partial charge is 0.260 e.